The Morgan fingerprint density at radius 1 is 1.18 bits per heavy atom. The minimum Gasteiger partial charge on any atom is -0.465 e. The highest BCUT2D eigenvalue weighted by atomic mass is 32.2. The molecule has 0 saturated heterocycles. The number of hydrogen-bond donors (Lipinski definition) is 3. The van der Waals surface area contributed by atoms with E-state index < -0.39 is 28.1 Å². The van der Waals surface area contributed by atoms with Gasteiger partial charge < -0.3 is 5.11 Å². The molecule has 1 heterocycles. The van der Waals surface area contributed by atoms with Crippen molar-refractivity contribution in [2.45, 2.75) is 25.8 Å². The summed E-state index contributed by atoms with van der Waals surface area (Å²) in [6, 6.07) is 12.5. The quantitative estimate of drug-likeness (QED) is 0.323. The van der Waals surface area contributed by atoms with Crippen LogP contribution in [-0.2, 0) is 27.7 Å². The first-order valence-electron chi connectivity index (χ1n) is 10.3. The number of benzene rings is 2. The summed E-state index contributed by atoms with van der Waals surface area (Å²) in [4.78, 5) is 24.9. The molecule has 10 heteroatoms. The largest absolute Gasteiger partial charge is 0.465 e. The van der Waals surface area contributed by atoms with Gasteiger partial charge in [-0.2, -0.15) is 4.31 Å². The molecule has 0 spiro atoms. The van der Waals surface area contributed by atoms with E-state index in [9.17, 15) is 28.3 Å². The second-order valence-electron chi connectivity index (χ2n) is 7.47. The number of carbonyl (C=O) groups excluding carboxylic acids is 1. The van der Waals surface area contributed by atoms with E-state index in [2.05, 4.69) is 11.8 Å². The van der Waals surface area contributed by atoms with Crippen LogP contribution in [0.3, 0.4) is 0 Å². The van der Waals surface area contributed by atoms with E-state index in [-0.39, 0.29) is 25.3 Å². The van der Waals surface area contributed by atoms with E-state index in [1.165, 1.54) is 0 Å². The normalized spacial score (nSPS) is 15.6. The Bertz CT molecular complexity index is 1180. The Kier molecular flexibility index (Phi) is 7.71. The zero-order chi connectivity index (χ0) is 24.0. The lowest BCUT2D eigenvalue weighted by Crippen LogP contribution is -2.47. The summed E-state index contributed by atoms with van der Waals surface area (Å²) in [7, 11) is -3.84. The number of fused-ring (bicyclic) bond motifs is 1. The number of hydroxylamine groups is 1. The monoisotopic (exact) mass is 471 g/mol. The van der Waals surface area contributed by atoms with Crippen LogP contribution in [0.2, 0.25) is 0 Å². The molecular formula is C23H25N3O6S. The maximum Gasteiger partial charge on any atom is 0.412 e. The molecule has 1 unspecified atom stereocenters. The summed E-state index contributed by atoms with van der Waals surface area (Å²) >= 11 is 0. The van der Waals surface area contributed by atoms with E-state index >= 15 is 0 Å². The number of nitrogens with one attached hydrogen (secondary N) is 1. The van der Waals surface area contributed by atoms with Gasteiger partial charge >= 0.3 is 6.09 Å². The van der Waals surface area contributed by atoms with Crippen molar-refractivity contribution in [3.05, 3.63) is 65.2 Å². The molecule has 1 aliphatic rings. The summed E-state index contributed by atoms with van der Waals surface area (Å²) in [6.07, 6.45) is -0.493. The lowest BCUT2D eigenvalue weighted by atomic mass is 9.94. The molecule has 2 amide bonds. The molecule has 0 aromatic heterocycles. The van der Waals surface area contributed by atoms with Gasteiger partial charge in [0.2, 0.25) is 10.0 Å². The van der Waals surface area contributed by atoms with Crippen molar-refractivity contribution in [3.8, 4) is 11.8 Å². The Balaban J connectivity index is 1.76. The Morgan fingerprint density at radius 2 is 1.88 bits per heavy atom. The minimum absolute atomic E-state index is 0.0320. The van der Waals surface area contributed by atoms with Gasteiger partial charge in [-0.1, -0.05) is 42.3 Å². The van der Waals surface area contributed by atoms with Crippen molar-refractivity contribution in [2.24, 2.45) is 0 Å². The zero-order valence-corrected chi connectivity index (χ0v) is 18.9. The fourth-order valence-corrected chi connectivity index (χ4v) is 5.44. The fourth-order valence-electron chi connectivity index (χ4n) is 3.81. The molecule has 0 fully saturated rings. The lowest BCUT2D eigenvalue weighted by Gasteiger charge is -2.34. The van der Waals surface area contributed by atoms with Crippen LogP contribution in [0.15, 0.2) is 48.5 Å². The molecule has 3 N–H and O–H groups in total. The van der Waals surface area contributed by atoms with E-state index in [4.69, 9.17) is 0 Å². The van der Waals surface area contributed by atoms with Crippen molar-refractivity contribution in [1.29, 1.82) is 0 Å². The summed E-state index contributed by atoms with van der Waals surface area (Å²) in [6.45, 7) is 1.78. The Morgan fingerprint density at radius 3 is 2.52 bits per heavy atom. The van der Waals surface area contributed by atoms with Crippen LogP contribution in [0.1, 0.15) is 29.7 Å². The molecule has 33 heavy (non-hydrogen) atoms. The number of anilines is 1. The smallest absolute Gasteiger partial charge is 0.412 e. The van der Waals surface area contributed by atoms with Gasteiger partial charge in [0.25, 0.3) is 5.91 Å². The fraction of sp³-hybridized carbons (Fsp3) is 0.304. The average Bonchev–Trinajstić information content (AvgIpc) is 2.82. The summed E-state index contributed by atoms with van der Waals surface area (Å²) < 4.78 is 27.4. The highest BCUT2D eigenvalue weighted by Gasteiger charge is 2.39. The molecule has 9 nitrogen and oxygen atoms in total. The second kappa shape index (κ2) is 10.5. The summed E-state index contributed by atoms with van der Waals surface area (Å²) in [5, 5.41) is 18.6. The maximum absolute atomic E-state index is 13.1. The van der Waals surface area contributed by atoms with Gasteiger partial charge in [-0.05, 0) is 48.6 Å². The van der Waals surface area contributed by atoms with Crippen LogP contribution < -0.4 is 10.4 Å². The molecule has 2 aromatic rings. The maximum atomic E-state index is 13.1. The van der Waals surface area contributed by atoms with Crippen LogP contribution in [0, 0.1) is 11.8 Å². The van der Waals surface area contributed by atoms with Crippen molar-refractivity contribution in [1.82, 2.24) is 9.79 Å². The SMILES string of the molecule is CC#CCN(C(=O)O)c1ccc(CCS(=O)(=O)N2CCc3ccccc3C2C(=O)NO)cc1. The molecule has 174 valence electrons. The van der Waals surface area contributed by atoms with Crippen molar-refractivity contribution in [2.75, 3.05) is 23.7 Å². The number of aryl methyl sites for hydroxylation is 1. The first kappa shape index (κ1) is 24.3. The molecule has 0 radical (unpaired) electrons. The zero-order valence-electron chi connectivity index (χ0n) is 18.1. The highest BCUT2D eigenvalue weighted by molar-refractivity contribution is 7.89. The number of amides is 2. The van der Waals surface area contributed by atoms with Crippen molar-refractivity contribution in [3.63, 3.8) is 0 Å². The predicted molar refractivity (Wildman–Crippen MR) is 122 cm³/mol. The number of carbonyl (C=O) groups is 2. The second-order valence-corrected chi connectivity index (χ2v) is 9.51. The third-order valence-corrected chi connectivity index (χ3v) is 7.32. The molecule has 3 rings (SSSR count). The Labute approximate surface area is 192 Å². The van der Waals surface area contributed by atoms with E-state index in [1.807, 2.05) is 12.1 Å². The van der Waals surface area contributed by atoms with Gasteiger partial charge in [-0.15, -0.1) is 5.92 Å². The molecular weight excluding hydrogens is 446 g/mol. The number of rotatable bonds is 7. The molecule has 0 saturated carbocycles. The standard InChI is InChI=1S/C23H25N3O6S/c1-2-3-14-25(23(28)29)19-10-8-17(9-11-19)13-16-33(31,32)26-15-12-18-6-4-5-7-20(18)21(26)22(27)24-30/h4-11,21,30H,12-16H2,1H3,(H,24,27)(H,28,29). The third-order valence-electron chi connectivity index (χ3n) is 5.50. The van der Waals surface area contributed by atoms with E-state index in [1.54, 1.807) is 48.8 Å². The average molecular weight is 472 g/mol. The minimum atomic E-state index is -3.84. The van der Waals surface area contributed by atoms with E-state index in [0.717, 1.165) is 14.8 Å². The van der Waals surface area contributed by atoms with Gasteiger partial charge in [0, 0.05) is 12.2 Å². The van der Waals surface area contributed by atoms with Crippen LogP contribution in [-0.4, -0.2) is 53.9 Å². The number of nitrogens with zero attached hydrogens (tertiary/aromatic N) is 2. The van der Waals surface area contributed by atoms with Crippen LogP contribution in [0.4, 0.5) is 10.5 Å². The molecule has 2 aromatic carbocycles. The number of hydrogen-bond acceptors (Lipinski definition) is 5. The van der Waals surface area contributed by atoms with Crippen molar-refractivity contribution < 1.29 is 28.3 Å². The van der Waals surface area contributed by atoms with Gasteiger partial charge in [-0.3, -0.25) is 14.9 Å². The summed E-state index contributed by atoms with van der Waals surface area (Å²) in [5.74, 6) is 4.31. The molecule has 0 bridgehead atoms. The number of sulfonamides is 1. The molecule has 1 atom stereocenters. The lowest BCUT2D eigenvalue weighted by molar-refractivity contribution is -0.133. The van der Waals surface area contributed by atoms with Crippen molar-refractivity contribution >= 4 is 27.7 Å². The van der Waals surface area contributed by atoms with Crippen LogP contribution in [0.5, 0.6) is 0 Å². The van der Waals surface area contributed by atoms with E-state index in [0.29, 0.717) is 23.2 Å². The van der Waals surface area contributed by atoms with Crippen LogP contribution in [0.25, 0.3) is 0 Å². The van der Waals surface area contributed by atoms with Gasteiger partial charge in [0.05, 0.1) is 12.3 Å². The summed E-state index contributed by atoms with van der Waals surface area (Å²) in [5.41, 5.74) is 4.14. The molecule has 1 aliphatic heterocycles. The predicted octanol–water partition coefficient (Wildman–Crippen LogP) is 2.17. The van der Waals surface area contributed by atoms with Crippen LogP contribution >= 0.6 is 0 Å². The first-order valence-corrected chi connectivity index (χ1v) is 11.9. The van der Waals surface area contributed by atoms with Gasteiger partial charge in [0.1, 0.15) is 6.04 Å². The topological polar surface area (TPSA) is 127 Å². The van der Waals surface area contributed by atoms with Gasteiger partial charge in [-0.25, -0.2) is 18.7 Å². The highest BCUT2D eigenvalue weighted by Crippen LogP contribution is 2.32. The number of carboxylic acid groups (broad SMARTS) is 1. The first-order chi connectivity index (χ1) is 15.8. The Hall–Kier alpha value is -3.39. The van der Waals surface area contributed by atoms with Gasteiger partial charge in [0.15, 0.2) is 0 Å². The molecule has 0 aliphatic carbocycles. The third kappa shape index (κ3) is 5.51.